The Morgan fingerprint density at radius 1 is 1.47 bits per heavy atom. The maximum atomic E-state index is 10.9. The van der Waals surface area contributed by atoms with Gasteiger partial charge in [-0.15, -0.1) is 5.10 Å². The molecule has 2 heterocycles. The van der Waals surface area contributed by atoms with Gasteiger partial charge in [0.25, 0.3) is 0 Å². The van der Waals surface area contributed by atoms with E-state index in [-0.39, 0.29) is 12.2 Å². The molecule has 0 aliphatic heterocycles. The van der Waals surface area contributed by atoms with Gasteiger partial charge in [-0.2, -0.15) is 0 Å². The van der Waals surface area contributed by atoms with Crippen molar-refractivity contribution in [3.8, 4) is 0 Å². The lowest BCUT2D eigenvalue weighted by Gasteiger charge is -2.04. The van der Waals surface area contributed by atoms with E-state index in [2.05, 4.69) is 15.3 Å². The van der Waals surface area contributed by atoms with Crippen LogP contribution in [-0.2, 0) is 13.1 Å². The van der Waals surface area contributed by atoms with E-state index in [9.17, 15) is 4.79 Å². The summed E-state index contributed by atoms with van der Waals surface area (Å²) in [4.78, 5) is 15.0. The molecular weight excluding hydrogens is 222 g/mol. The van der Waals surface area contributed by atoms with Crippen LogP contribution < -0.4 is 5.73 Å². The number of nitrogens with two attached hydrogens (primary N) is 1. The van der Waals surface area contributed by atoms with Gasteiger partial charge in [-0.1, -0.05) is 11.3 Å². The minimum absolute atomic E-state index is 0.0709. The minimum Gasteiger partial charge on any atom is -0.476 e. The molecule has 0 fully saturated rings. The molecule has 0 saturated carbocycles. The zero-order valence-corrected chi connectivity index (χ0v) is 8.95. The summed E-state index contributed by atoms with van der Waals surface area (Å²) in [5.74, 6) is -1.13. The van der Waals surface area contributed by atoms with Crippen LogP contribution in [0.25, 0.3) is 0 Å². The van der Waals surface area contributed by atoms with Gasteiger partial charge in [-0.3, -0.25) is 4.98 Å². The molecule has 7 heteroatoms. The van der Waals surface area contributed by atoms with E-state index in [1.165, 1.54) is 4.68 Å². The quantitative estimate of drug-likeness (QED) is 0.762. The first-order valence-corrected chi connectivity index (χ1v) is 4.98. The van der Waals surface area contributed by atoms with Crippen LogP contribution in [0, 0.1) is 0 Å². The molecule has 0 saturated heterocycles. The van der Waals surface area contributed by atoms with Gasteiger partial charge >= 0.3 is 5.97 Å². The van der Waals surface area contributed by atoms with Crippen molar-refractivity contribution in [2.24, 2.45) is 5.73 Å². The van der Waals surface area contributed by atoms with Crippen molar-refractivity contribution in [2.45, 2.75) is 13.1 Å². The predicted molar refractivity (Wildman–Crippen MR) is 58.2 cm³/mol. The lowest BCUT2D eigenvalue weighted by molar-refractivity contribution is 0.0689. The molecule has 2 aromatic rings. The fraction of sp³-hybridized carbons (Fsp3) is 0.200. The third-order valence-electron chi connectivity index (χ3n) is 2.27. The molecule has 0 radical (unpaired) electrons. The topological polar surface area (TPSA) is 107 Å². The number of aromatic nitrogens is 4. The lowest BCUT2D eigenvalue weighted by atomic mass is 10.3. The number of pyridine rings is 1. The normalized spacial score (nSPS) is 10.4. The van der Waals surface area contributed by atoms with Crippen LogP contribution in [0.2, 0.25) is 0 Å². The fourth-order valence-electron chi connectivity index (χ4n) is 1.47. The maximum absolute atomic E-state index is 10.9. The Hall–Kier alpha value is -2.28. The van der Waals surface area contributed by atoms with Gasteiger partial charge in [0.05, 0.1) is 17.9 Å². The Kier molecular flexibility index (Phi) is 3.10. The molecule has 0 unspecified atom stereocenters. The maximum Gasteiger partial charge on any atom is 0.358 e. The number of nitrogens with zero attached hydrogens (tertiary/aromatic N) is 4. The van der Waals surface area contributed by atoms with Gasteiger partial charge < -0.3 is 10.8 Å². The first kappa shape index (κ1) is 11.2. The Morgan fingerprint density at radius 2 is 2.29 bits per heavy atom. The van der Waals surface area contributed by atoms with Crippen molar-refractivity contribution in [3.63, 3.8) is 0 Å². The second-order valence-corrected chi connectivity index (χ2v) is 3.37. The molecule has 2 aromatic heterocycles. The molecule has 7 nitrogen and oxygen atoms in total. The third kappa shape index (κ3) is 2.28. The Balaban J connectivity index is 2.31. The number of hydrogen-bond acceptors (Lipinski definition) is 5. The molecule has 3 N–H and O–H groups in total. The van der Waals surface area contributed by atoms with Gasteiger partial charge in [0, 0.05) is 12.7 Å². The molecule has 2 rings (SSSR count). The minimum atomic E-state index is -1.13. The standard InChI is InChI=1S/C10H11N5O2/c11-5-8-9(10(16)17)13-14-15(8)6-7-3-1-2-4-12-7/h1-4H,5-6,11H2,(H,16,17). The average molecular weight is 233 g/mol. The summed E-state index contributed by atoms with van der Waals surface area (Å²) in [6, 6.07) is 5.47. The molecule has 0 aliphatic carbocycles. The average Bonchev–Trinajstić information content (AvgIpc) is 2.73. The molecule has 0 aromatic carbocycles. The van der Waals surface area contributed by atoms with Gasteiger partial charge in [-0.05, 0) is 12.1 Å². The summed E-state index contributed by atoms with van der Waals surface area (Å²) >= 11 is 0. The Morgan fingerprint density at radius 3 is 2.88 bits per heavy atom. The van der Waals surface area contributed by atoms with E-state index >= 15 is 0 Å². The highest BCUT2D eigenvalue weighted by Gasteiger charge is 2.17. The number of hydrogen-bond donors (Lipinski definition) is 2. The summed E-state index contributed by atoms with van der Waals surface area (Å²) in [5, 5.41) is 16.2. The van der Waals surface area contributed by atoms with Crippen molar-refractivity contribution >= 4 is 5.97 Å². The van der Waals surface area contributed by atoms with Crippen LogP contribution in [-0.4, -0.2) is 31.1 Å². The van der Waals surface area contributed by atoms with Crippen LogP contribution in [0.15, 0.2) is 24.4 Å². The van der Waals surface area contributed by atoms with Crippen LogP contribution >= 0.6 is 0 Å². The van der Waals surface area contributed by atoms with Crippen molar-refractivity contribution < 1.29 is 9.90 Å². The molecule has 0 spiro atoms. The van der Waals surface area contributed by atoms with Gasteiger partial charge in [0.1, 0.15) is 0 Å². The molecule has 0 atom stereocenters. The van der Waals surface area contributed by atoms with Crippen LogP contribution in [0.4, 0.5) is 0 Å². The zero-order chi connectivity index (χ0) is 12.3. The van der Waals surface area contributed by atoms with Crippen molar-refractivity contribution in [1.29, 1.82) is 0 Å². The van der Waals surface area contributed by atoms with E-state index in [4.69, 9.17) is 10.8 Å². The number of carboxylic acids is 1. The van der Waals surface area contributed by atoms with E-state index in [0.717, 1.165) is 5.69 Å². The van der Waals surface area contributed by atoms with Crippen LogP contribution in [0.1, 0.15) is 21.9 Å². The molecule has 0 bridgehead atoms. The lowest BCUT2D eigenvalue weighted by Crippen LogP contribution is -2.13. The highest BCUT2D eigenvalue weighted by molar-refractivity contribution is 5.86. The summed E-state index contributed by atoms with van der Waals surface area (Å²) < 4.78 is 1.45. The molecular formula is C10H11N5O2. The van der Waals surface area contributed by atoms with Gasteiger partial charge in [0.15, 0.2) is 5.69 Å². The largest absolute Gasteiger partial charge is 0.476 e. The molecule has 17 heavy (non-hydrogen) atoms. The predicted octanol–water partition coefficient (Wildman–Crippen LogP) is -0.122. The summed E-state index contributed by atoms with van der Waals surface area (Å²) in [5.41, 5.74) is 6.55. The highest BCUT2D eigenvalue weighted by atomic mass is 16.4. The molecule has 0 aliphatic rings. The summed E-state index contributed by atoms with van der Waals surface area (Å²) in [6.07, 6.45) is 1.66. The number of carboxylic acid groups (broad SMARTS) is 1. The van der Waals surface area contributed by atoms with Crippen molar-refractivity contribution in [1.82, 2.24) is 20.0 Å². The smallest absolute Gasteiger partial charge is 0.358 e. The summed E-state index contributed by atoms with van der Waals surface area (Å²) in [7, 11) is 0. The SMILES string of the molecule is NCc1c(C(=O)O)nnn1Cc1ccccn1. The highest BCUT2D eigenvalue weighted by Crippen LogP contribution is 2.07. The first-order chi connectivity index (χ1) is 8.22. The summed E-state index contributed by atoms with van der Waals surface area (Å²) in [6.45, 7) is 0.426. The second kappa shape index (κ2) is 4.71. The van der Waals surface area contributed by atoms with Crippen molar-refractivity contribution in [2.75, 3.05) is 0 Å². The van der Waals surface area contributed by atoms with E-state index in [1.54, 1.807) is 12.3 Å². The third-order valence-corrected chi connectivity index (χ3v) is 2.27. The van der Waals surface area contributed by atoms with Crippen LogP contribution in [0.3, 0.4) is 0 Å². The Bertz CT molecular complexity index is 523. The monoisotopic (exact) mass is 233 g/mol. The van der Waals surface area contributed by atoms with Gasteiger partial charge in [-0.25, -0.2) is 9.48 Å². The van der Waals surface area contributed by atoms with Crippen LogP contribution in [0.5, 0.6) is 0 Å². The van der Waals surface area contributed by atoms with E-state index in [1.807, 2.05) is 12.1 Å². The second-order valence-electron chi connectivity index (χ2n) is 3.37. The molecule has 0 amide bonds. The zero-order valence-electron chi connectivity index (χ0n) is 8.95. The Labute approximate surface area is 96.9 Å². The first-order valence-electron chi connectivity index (χ1n) is 4.98. The van der Waals surface area contributed by atoms with Crippen molar-refractivity contribution in [3.05, 3.63) is 41.5 Å². The number of rotatable bonds is 4. The van der Waals surface area contributed by atoms with E-state index < -0.39 is 5.97 Å². The fourth-order valence-corrected chi connectivity index (χ4v) is 1.47. The molecule has 88 valence electrons. The number of aromatic carboxylic acids is 1. The van der Waals surface area contributed by atoms with E-state index in [0.29, 0.717) is 12.2 Å². The van der Waals surface area contributed by atoms with Gasteiger partial charge in [0.2, 0.25) is 0 Å². The number of carbonyl (C=O) groups is 1.